The van der Waals surface area contributed by atoms with Gasteiger partial charge in [0.2, 0.25) is 11.8 Å². The lowest BCUT2D eigenvalue weighted by atomic mass is 9.93. The van der Waals surface area contributed by atoms with Crippen molar-refractivity contribution in [3.63, 3.8) is 0 Å². The van der Waals surface area contributed by atoms with Crippen molar-refractivity contribution in [2.45, 2.75) is 19.4 Å². The largest absolute Gasteiger partial charge is 0.392 e. The third-order valence-electron chi connectivity index (χ3n) is 3.84. The SMILES string of the molecule is C=CC(=O)N1CCC(O)C(C(=O)Nc2ccc(C)c(Cl)c2)C1. The predicted octanol–water partition coefficient (Wildman–Crippen LogP) is 1.98. The van der Waals surface area contributed by atoms with Gasteiger partial charge in [-0.2, -0.15) is 0 Å². The number of nitrogens with zero attached hydrogens (tertiary/aromatic N) is 1. The summed E-state index contributed by atoms with van der Waals surface area (Å²) in [5.41, 5.74) is 1.49. The van der Waals surface area contributed by atoms with Crippen molar-refractivity contribution >= 4 is 29.1 Å². The first kappa shape index (κ1) is 16.5. The molecule has 0 bridgehead atoms. The lowest BCUT2D eigenvalue weighted by Gasteiger charge is -2.34. The van der Waals surface area contributed by atoms with Gasteiger partial charge in [-0.3, -0.25) is 9.59 Å². The molecule has 1 aromatic carbocycles. The number of hydrogen-bond acceptors (Lipinski definition) is 3. The summed E-state index contributed by atoms with van der Waals surface area (Å²) < 4.78 is 0. The van der Waals surface area contributed by atoms with E-state index >= 15 is 0 Å². The van der Waals surface area contributed by atoms with Gasteiger partial charge in [-0.05, 0) is 37.1 Å². The van der Waals surface area contributed by atoms with Crippen LogP contribution in [0.3, 0.4) is 0 Å². The van der Waals surface area contributed by atoms with Crippen LogP contribution in [0.25, 0.3) is 0 Å². The fraction of sp³-hybridized carbons (Fsp3) is 0.375. The van der Waals surface area contributed by atoms with Crippen molar-refractivity contribution < 1.29 is 14.7 Å². The van der Waals surface area contributed by atoms with Crippen LogP contribution in [0.5, 0.6) is 0 Å². The minimum atomic E-state index is -0.769. The number of rotatable bonds is 3. The van der Waals surface area contributed by atoms with Crippen molar-refractivity contribution in [2.24, 2.45) is 5.92 Å². The van der Waals surface area contributed by atoms with Crippen molar-refractivity contribution in [2.75, 3.05) is 18.4 Å². The molecule has 22 heavy (non-hydrogen) atoms. The quantitative estimate of drug-likeness (QED) is 0.836. The molecule has 0 saturated carbocycles. The second-order valence-corrected chi connectivity index (χ2v) is 5.81. The van der Waals surface area contributed by atoms with Gasteiger partial charge in [0.1, 0.15) is 0 Å². The van der Waals surface area contributed by atoms with E-state index in [2.05, 4.69) is 11.9 Å². The van der Waals surface area contributed by atoms with Crippen LogP contribution < -0.4 is 5.32 Å². The first-order chi connectivity index (χ1) is 10.4. The van der Waals surface area contributed by atoms with Gasteiger partial charge in [0.15, 0.2) is 0 Å². The number of piperidine rings is 1. The van der Waals surface area contributed by atoms with Gasteiger partial charge in [0, 0.05) is 23.8 Å². The summed E-state index contributed by atoms with van der Waals surface area (Å²) in [4.78, 5) is 25.5. The van der Waals surface area contributed by atoms with Crippen molar-refractivity contribution in [3.8, 4) is 0 Å². The zero-order valence-electron chi connectivity index (χ0n) is 12.4. The summed E-state index contributed by atoms with van der Waals surface area (Å²) in [7, 11) is 0. The second-order valence-electron chi connectivity index (χ2n) is 5.40. The molecule has 0 spiro atoms. The summed E-state index contributed by atoms with van der Waals surface area (Å²) in [6.07, 6.45) is 0.813. The van der Waals surface area contributed by atoms with Gasteiger partial charge in [0.25, 0.3) is 0 Å². The Bertz CT molecular complexity index is 603. The predicted molar refractivity (Wildman–Crippen MR) is 85.7 cm³/mol. The zero-order valence-corrected chi connectivity index (χ0v) is 13.1. The molecule has 1 aliphatic rings. The van der Waals surface area contributed by atoms with E-state index in [0.717, 1.165) is 5.56 Å². The fourth-order valence-electron chi connectivity index (χ4n) is 2.43. The molecule has 0 aromatic heterocycles. The maximum absolute atomic E-state index is 12.4. The van der Waals surface area contributed by atoms with E-state index in [0.29, 0.717) is 23.7 Å². The van der Waals surface area contributed by atoms with Crippen LogP contribution in [-0.4, -0.2) is 41.0 Å². The Kier molecular flexibility index (Phi) is 5.21. The molecule has 2 unspecified atom stereocenters. The minimum Gasteiger partial charge on any atom is -0.392 e. The zero-order chi connectivity index (χ0) is 16.3. The summed E-state index contributed by atoms with van der Waals surface area (Å²) >= 11 is 6.03. The molecule has 1 aliphatic heterocycles. The van der Waals surface area contributed by atoms with E-state index < -0.39 is 12.0 Å². The van der Waals surface area contributed by atoms with E-state index in [1.54, 1.807) is 12.1 Å². The lowest BCUT2D eigenvalue weighted by molar-refractivity contribution is -0.134. The standard InChI is InChI=1S/C16H19ClN2O3/c1-3-15(21)19-7-6-14(20)12(9-19)16(22)18-11-5-4-10(2)13(17)8-11/h3-5,8,12,14,20H,1,6-7,9H2,2H3,(H,18,22). The van der Waals surface area contributed by atoms with E-state index in [4.69, 9.17) is 11.6 Å². The molecular weight excluding hydrogens is 304 g/mol. The summed E-state index contributed by atoms with van der Waals surface area (Å²) in [5, 5.41) is 13.3. The number of hydrogen-bond donors (Lipinski definition) is 2. The number of halogens is 1. The topological polar surface area (TPSA) is 69.6 Å². The highest BCUT2D eigenvalue weighted by molar-refractivity contribution is 6.31. The smallest absolute Gasteiger partial charge is 0.245 e. The number of carbonyl (C=O) groups excluding carboxylic acids is 2. The van der Waals surface area contributed by atoms with Crippen molar-refractivity contribution in [1.82, 2.24) is 4.90 Å². The first-order valence-electron chi connectivity index (χ1n) is 7.08. The average molecular weight is 323 g/mol. The molecule has 0 aliphatic carbocycles. The maximum Gasteiger partial charge on any atom is 0.245 e. The molecule has 2 amide bonds. The Morgan fingerprint density at radius 1 is 1.50 bits per heavy atom. The maximum atomic E-state index is 12.4. The Balaban J connectivity index is 2.07. The van der Waals surface area contributed by atoms with Gasteiger partial charge in [-0.25, -0.2) is 0 Å². The molecule has 1 aromatic rings. The molecule has 2 N–H and O–H groups in total. The highest BCUT2D eigenvalue weighted by Gasteiger charge is 2.34. The molecular formula is C16H19ClN2O3. The molecule has 1 saturated heterocycles. The normalized spacial score (nSPS) is 21.3. The van der Waals surface area contributed by atoms with Crippen LogP contribution in [0.15, 0.2) is 30.9 Å². The van der Waals surface area contributed by atoms with E-state index in [-0.39, 0.29) is 18.4 Å². The number of aliphatic hydroxyl groups excluding tert-OH is 1. The van der Waals surface area contributed by atoms with Crippen LogP contribution in [0.2, 0.25) is 5.02 Å². The number of benzene rings is 1. The van der Waals surface area contributed by atoms with Crippen LogP contribution in [0.4, 0.5) is 5.69 Å². The Hall–Kier alpha value is -1.85. The molecule has 2 atom stereocenters. The van der Waals surface area contributed by atoms with Crippen LogP contribution >= 0.6 is 11.6 Å². The Morgan fingerprint density at radius 2 is 2.23 bits per heavy atom. The third kappa shape index (κ3) is 3.67. The number of carbonyl (C=O) groups is 2. The van der Waals surface area contributed by atoms with E-state index in [9.17, 15) is 14.7 Å². The monoisotopic (exact) mass is 322 g/mol. The molecule has 0 radical (unpaired) electrons. The second kappa shape index (κ2) is 6.94. The number of aryl methyl sites for hydroxylation is 1. The van der Waals surface area contributed by atoms with Gasteiger partial charge >= 0.3 is 0 Å². The van der Waals surface area contributed by atoms with Crippen molar-refractivity contribution in [1.29, 1.82) is 0 Å². The summed E-state index contributed by atoms with van der Waals surface area (Å²) in [6, 6.07) is 5.22. The first-order valence-corrected chi connectivity index (χ1v) is 7.46. The molecule has 1 fully saturated rings. The fourth-order valence-corrected chi connectivity index (χ4v) is 2.61. The number of likely N-dealkylation sites (tertiary alicyclic amines) is 1. The summed E-state index contributed by atoms with van der Waals surface area (Å²) in [6.45, 7) is 5.91. The highest BCUT2D eigenvalue weighted by atomic mass is 35.5. The van der Waals surface area contributed by atoms with Crippen LogP contribution in [-0.2, 0) is 9.59 Å². The van der Waals surface area contributed by atoms with Gasteiger partial charge in [0.05, 0.1) is 12.0 Å². The number of aliphatic hydroxyl groups is 1. The molecule has 1 heterocycles. The van der Waals surface area contributed by atoms with Gasteiger partial charge in [-0.1, -0.05) is 24.2 Å². The lowest BCUT2D eigenvalue weighted by Crippen LogP contribution is -2.49. The van der Waals surface area contributed by atoms with E-state index in [1.165, 1.54) is 11.0 Å². The van der Waals surface area contributed by atoms with Crippen molar-refractivity contribution in [3.05, 3.63) is 41.4 Å². The Labute approximate surface area is 134 Å². The number of nitrogens with one attached hydrogen (secondary N) is 1. The van der Waals surface area contributed by atoms with Crippen LogP contribution in [0, 0.1) is 12.8 Å². The average Bonchev–Trinajstić information content (AvgIpc) is 2.50. The van der Waals surface area contributed by atoms with E-state index in [1.807, 2.05) is 13.0 Å². The molecule has 2 rings (SSSR count). The minimum absolute atomic E-state index is 0.178. The number of amides is 2. The summed E-state index contributed by atoms with van der Waals surface area (Å²) in [5.74, 6) is -1.23. The third-order valence-corrected chi connectivity index (χ3v) is 4.25. The Morgan fingerprint density at radius 3 is 2.86 bits per heavy atom. The van der Waals surface area contributed by atoms with Gasteiger partial charge < -0.3 is 15.3 Å². The number of anilines is 1. The molecule has 6 heteroatoms. The van der Waals surface area contributed by atoms with Gasteiger partial charge in [-0.15, -0.1) is 0 Å². The van der Waals surface area contributed by atoms with Crippen LogP contribution in [0.1, 0.15) is 12.0 Å². The highest BCUT2D eigenvalue weighted by Crippen LogP contribution is 2.23. The molecule has 118 valence electrons. The molecule has 5 nitrogen and oxygen atoms in total.